The fourth-order valence-corrected chi connectivity index (χ4v) is 2.27. The number of ether oxygens (including phenoxy) is 1. The van der Waals surface area contributed by atoms with Gasteiger partial charge < -0.3 is 15.4 Å². The van der Waals surface area contributed by atoms with E-state index in [2.05, 4.69) is 20.4 Å². The Balaban J connectivity index is 2.04. The summed E-state index contributed by atoms with van der Waals surface area (Å²) in [6, 6.07) is 6.62. The van der Waals surface area contributed by atoms with Gasteiger partial charge in [-0.25, -0.2) is 4.98 Å². The van der Waals surface area contributed by atoms with E-state index in [9.17, 15) is 31.5 Å². The van der Waals surface area contributed by atoms with Crippen molar-refractivity contribution in [1.82, 2.24) is 10.3 Å². The molecule has 11 heteroatoms. The van der Waals surface area contributed by atoms with Crippen molar-refractivity contribution in [3.05, 3.63) is 53.7 Å². The van der Waals surface area contributed by atoms with Gasteiger partial charge in [0.25, 0.3) is 5.91 Å². The Morgan fingerprint density at radius 1 is 1.10 bits per heavy atom. The van der Waals surface area contributed by atoms with Gasteiger partial charge in [-0.2, -0.15) is 22.0 Å². The van der Waals surface area contributed by atoms with Crippen LogP contribution in [0.4, 0.5) is 27.8 Å². The molecule has 0 aliphatic rings. The van der Waals surface area contributed by atoms with Gasteiger partial charge in [-0.15, -0.1) is 0 Å². The van der Waals surface area contributed by atoms with Crippen LogP contribution in [0.25, 0.3) is 0 Å². The molecular weight excluding hydrogens is 413 g/mol. The van der Waals surface area contributed by atoms with Gasteiger partial charge in [0.05, 0.1) is 6.04 Å². The molecule has 1 atom stereocenters. The van der Waals surface area contributed by atoms with E-state index in [1.165, 1.54) is 30.5 Å². The highest BCUT2D eigenvalue weighted by Gasteiger charge is 2.61. The number of anilines is 1. The Morgan fingerprint density at radius 2 is 1.73 bits per heavy atom. The molecule has 0 saturated carbocycles. The van der Waals surface area contributed by atoms with Crippen LogP contribution in [0.1, 0.15) is 42.2 Å². The summed E-state index contributed by atoms with van der Waals surface area (Å²) in [5, 5.41) is 5.17. The first-order valence-corrected chi connectivity index (χ1v) is 8.73. The number of carbonyl (C=O) groups is 2. The molecule has 0 spiro atoms. The van der Waals surface area contributed by atoms with Crippen molar-refractivity contribution < 1.29 is 36.3 Å². The Labute approximate surface area is 168 Å². The lowest BCUT2D eigenvalue weighted by atomic mass is 10.1. The number of carbonyl (C=O) groups excluding carboxylic acids is 2. The van der Waals surface area contributed by atoms with Gasteiger partial charge in [0, 0.05) is 18.2 Å². The maximum Gasteiger partial charge on any atom is 0.499 e. The fourth-order valence-electron chi connectivity index (χ4n) is 2.27. The zero-order valence-corrected chi connectivity index (χ0v) is 15.9. The summed E-state index contributed by atoms with van der Waals surface area (Å²) < 4.78 is 66.2. The Hall–Kier alpha value is -3.24. The summed E-state index contributed by atoms with van der Waals surface area (Å²) in [4.78, 5) is 27.8. The van der Waals surface area contributed by atoms with Gasteiger partial charge in [-0.1, -0.05) is 19.1 Å². The molecule has 30 heavy (non-hydrogen) atoms. The molecule has 0 radical (unpaired) electrons. The van der Waals surface area contributed by atoms with E-state index in [1.807, 2.05) is 0 Å². The Bertz CT molecular complexity index is 901. The number of amides is 2. The number of nitrogens with one attached hydrogen (secondary N) is 2. The third kappa shape index (κ3) is 5.88. The molecule has 0 aliphatic carbocycles. The summed E-state index contributed by atoms with van der Waals surface area (Å²) in [7, 11) is 0. The van der Waals surface area contributed by atoms with Gasteiger partial charge in [0.15, 0.2) is 0 Å². The maximum absolute atomic E-state index is 12.9. The van der Waals surface area contributed by atoms with E-state index in [0.29, 0.717) is 5.56 Å². The number of nitrogens with zero attached hydrogens (tertiary/aromatic N) is 1. The lowest BCUT2D eigenvalue weighted by Gasteiger charge is -2.20. The van der Waals surface area contributed by atoms with Gasteiger partial charge in [-0.3, -0.25) is 9.59 Å². The van der Waals surface area contributed by atoms with Crippen molar-refractivity contribution >= 4 is 17.6 Å². The van der Waals surface area contributed by atoms with E-state index in [0.717, 1.165) is 12.1 Å². The highest BCUT2D eigenvalue weighted by molar-refractivity contribution is 5.96. The minimum absolute atomic E-state index is 0.203. The van der Waals surface area contributed by atoms with Gasteiger partial charge in [0.1, 0.15) is 11.6 Å². The van der Waals surface area contributed by atoms with E-state index in [1.54, 1.807) is 13.8 Å². The summed E-state index contributed by atoms with van der Waals surface area (Å²) in [6.07, 6.45) is -9.57. The molecule has 1 aromatic carbocycles. The Morgan fingerprint density at radius 3 is 2.30 bits per heavy atom. The summed E-state index contributed by atoms with van der Waals surface area (Å²) in [6.45, 7) is 3.26. The number of aromatic nitrogens is 1. The third-order valence-corrected chi connectivity index (χ3v) is 3.91. The van der Waals surface area contributed by atoms with E-state index in [4.69, 9.17) is 0 Å². The SMILES string of the molecule is CCC(=O)Nc1cc(C(=O)NC(C)c2ccc(OC(F)(F)C(F)(F)F)cc2)ccn1. The molecular formula is C19H18F5N3O3. The van der Waals surface area contributed by atoms with Crippen molar-refractivity contribution in [2.45, 2.75) is 38.6 Å². The topological polar surface area (TPSA) is 80.3 Å². The number of benzene rings is 1. The van der Waals surface area contributed by atoms with Crippen LogP contribution in [-0.2, 0) is 4.79 Å². The number of halogens is 5. The zero-order chi connectivity index (χ0) is 22.5. The zero-order valence-electron chi connectivity index (χ0n) is 15.9. The van der Waals surface area contributed by atoms with Crippen molar-refractivity contribution in [3.8, 4) is 5.75 Å². The first kappa shape index (κ1) is 23.0. The van der Waals surface area contributed by atoms with Crippen LogP contribution in [0, 0.1) is 0 Å². The Kier molecular flexibility index (Phi) is 6.96. The van der Waals surface area contributed by atoms with Gasteiger partial charge >= 0.3 is 12.3 Å². The molecule has 1 unspecified atom stereocenters. The summed E-state index contributed by atoms with van der Waals surface area (Å²) in [5.41, 5.74) is 0.660. The molecule has 2 aromatic rings. The molecule has 0 fully saturated rings. The molecule has 0 saturated heterocycles. The number of hydrogen-bond donors (Lipinski definition) is 2. The van der Waals surface area contributed by atoms with Crippen LogP contribution in [0.3, 0.4) is 0 Å². The average molecular weight is 431 g/mol. The highest BCUT2D eigenvalue weighted by Crippen LogP contribution is 2.37. The second-order valence-corrected chi connectivity index (χ2v) is 6.21. The largest absolute Gasteiger partial charge is 0.499 e. The first-order valence-electron chi connectivity index (χ1n) is 8.73. The van der Waals surface area contributed by atoms with Crippen LogP contribution in [0.5, 0.6) is 5.75 Å². The average Bonchev–Trinajstić information content (AvgIpc) is 2.67. The summed E-state index contributed by atoms with van der Waals surface area (Å²) in [5.74, 6) is -1.24. The van der Waals surface area contributed by atoms with E-state index < -0.39 is 30.0 Å². The lowest BCUT2D eigenvalue weighted by molar-refractivity contribution is -0.360. The number of alkyl halides is 5. The van der Waals surface area contributed by atoms with Gasteiger partial charge in [-0.05, 0) is 36.8 Å². The smallest absolute Gasteiger partial charge is 0.426 e. The molecule has 2 N–H and O–H groups in total. The van der Waals surface area contributed by atoms with Crippen LogP contribution < -0.4 is 15.4 Å². The quantitative estimate of drug-likeness (QED) is 0.635. The predicted octanol–water partition coefficient (Wildman–Crippen LogP) is 4.46. The standard InChI is InChI=1S/C19H18F5N3O3/c1-3-16(28)27-15-10-13(8-9-25-15)17(29)26-11(2)12-4-6-14(7-5-12)30-19(23,24)18(20,21)22/h4-11H,3H2,1-2H3,(H,26,29)(H,25,27,28). The van der Waals surface area contributed by atoms with Crippen molar-refractivity contribution in [2.24, 2.45) is 0 Å². The van der Waals surface area contributed by atoms with Crippen LogP contribution >= 0.6 is 0 Å². The van der Waals surface area contributed by atoms with Crippen molar-refractivity contribution in [3.63, 3.8) is 0 Å². The monoisotopic (exact) mass is 431 g/mol. The highest BCUT2D eigenvalue weighted by atomic mass is 19.4. The number of rotatable bonds is 7. The lowest BCUT2D eigenvalue weighted by Crippen LogP contribution is -2.41. The molecule has 1 aromatic heterocycles. The maximum atomic E-state index is 12.9. The van der Waals surface area contributed by atoms with E-state index >= 15 is 0 Å². The minimum atomic E-state index is -5.84. The predicted molar refractivity (Wildman–Crippen MR) is 97.1 cm³/mol. The molecule has 0 bridgehead atoms. The molecule has 6 nitrogen and oxygen atoms in total. The van der Waals surface area contributed by atoms with Crippen LogP contribution in [0.15, 0.2) is 42.6 Å². The fraction of sp³-hybridized carbons (Fsp3) is 0.316. The normalized spacial score (nSPS) is 12.8. The minimum Gasteiger partial charge on any atom is -0.426 e. The molecule has 0 aliphatic heterocycles. The first-order chi connectivity index (χ1) is 13.9. The second-order valence-electron chi connectivity index (χ2n) is 6.21. The van der Waals surface area contributed by atoms with Crippen LogP contribution in [-0.4, -0.2) is 29.1 Å². The van der Waals surface area contributed by atoms with Gasteiger partial charge in [0.2, 0.25) is 5.91 Å². The molecule has 2 rings (SSSR count). The van der Waals surface area contributed by atoms with Crippen molar-refractivity contribution in [1.29, 1.82) is 0 Å². The molecule has 162 valence electrons. The van der Waals surface area contributed by atoms with E-state index in [-0.39, 0.29) is 23.7 Å². The van der Waals surface area contributed by atoms with Crippen LogP contribution in [0.2, 0.25) is 0 Å². The molecule has 1 heterocycles. The third-order valence-electron chi connectivity index (χ3n) is 3.91. The summed E-state index contributed by atoms with van der Waals surface area (Å²) >= 11 is 0. The molecule has 2 amide bonds. The van der Waals surface area contributed by atoms with Crippen molar-refractivity contribution in [2.75, 3.05) is 5.32 Å². The second kappa shape index (κ2) is 9.06. The number of pyridine rings is 1. The number of hydrogen-bond acceptors (Lipinski definition) is 4.